The molecule has 0 bridgehead atoms. The SMILES string of the molecule is COC(=O)N[C@H](C(=O)N1CCC[C@H]1c1ncc(-c2cc3sc(-c4ccc5nc([C@@H]6CCCN6C(=O)[C@@H](NC(=O)OC)C(C)C)[nH]c5c4)cc3s2)[nH]1)C(C)C. The van der Waals surface area contributed by atoms with E-state index in [9.17, 15) is 19.2 Å². The van der Waals surface area contributed by atoms with Crippen molar-refractivity contribution in [3.63, 3.8) is 0 Å². The first kappa shape index (κ1) is 37.4. The molecule has 5 aromatic rings. The van der Waals surface area contributed by atoms with E-state index < -0.39 is 24.3 Å². The number of aromatic nitrogens is 4. The maximum atomic E-state index is 13.6. The van der Waals surface area contributed by atoms with Crippen molar-refractivity contribution in [2.75, 3.05) is 27.3 Å². The summed E-state index contributed by atoms with van der Waals surface area (Å²) in [6, 6.07) is 8.81. The standard InChI is InChI=1S/C38H46N8O6S2/c1-19(2)31(43-37(49)51-5)35(47)45-13-7-9-25(45)33-39-18-24(42-33)28-17-30-29(54-28)16-27(53-30)21-11-12-22-23(15-21)41-34(40-22)26-10-8-14-46(26)36(48)32(20(3)4)44-38(50)52-6/h11-12,15-20,25-26,31-32H,7-10,13-14H2,1-6H3,(H,39,42)(H,40,41)(H,43,49)(H,44,50)/t25-,26-,31-,32-/m0/s1. The molecule has 4 N–H and O–H groups in total. The summed E-state index contributed by atoms with van der Waals surface area (Å²) >= 11 is 3.41. The highest BCUT2D eigenvalue weighted by atomic mass is 32.1. The van der Waals surface area contributed by atoms with Crippen LogP contribution in [0.25, 0.3) is 41.4 Å². The number of aromatic amines is 2. The lowest BCUT2D eigenvalue weighted by Gasteiger charge is -2.30. The van der Waals surface area contributed by atoms with Gasteiger partial charge in [-0.1, -0.05) is 33.8 Å². The highest BCUT2D eigenvalue weighted by Crippen LogP contribution is 2.43. The van der Waals surface area contributed by atoms with Crippen molar-refractivity contribution in [2.45, 2.75) is 77.5 Å². The molecule has 286 valence electrons. The Morgan fingerprint density at radius 1 is 0.778 bits per heavy atom. The van der Waals surface area contributed by atoms with E-state index in [1.54, 1.807) is 22.7 Å². The van der Waals surface area contributed by atoms with Gasteiger partial charge in [0.2, 0.25) is 11.8 Å². The van der Waals surface area contributed by atoms with Crippen molar-refractivity contribution >= 4 is 67.1 Å². The van der Waals surface area contributed by atoms with Gasteiger partial charge in [0.1, 0.15) is 23.7 Å². The molecule has 2 aliphatic rings. The number of hydrogen-bond acceptors (Lipinski definition) is 10. The van der Waals surface area contributed by atoms with Gasteiger partial charge in [-0.15, -0.1) is 22.7 Å². The smallest absolute Gasteiger partial charge is 0.407 e. The number of H-pyrrole nitrogens is 2. The lowest BCUT2D eigenvalue weighted by atomic mass is 10.0. The van der Waals surface area contributed by atoms with Gasteiger partial charge < -0.3 is 39.9 Å². The summed E-state index contributed by atoms with van der Waals surface area (Å²) in [7, 11) is 2.58. The summed E-state index contributed by atoms with van der Waals surface area (Å²) in [6.07, 6.45) is 3.87. The third kappa shape index (κ3) is 7.28. The molecule has 1 aromatic carbocycles. The van der Waals surface area contributed by atoms with Crippen LogP contribution in [0.15, 0.2) is 36.5 Å². The Bertz CT molecular complexity index is 2150. The van der Waals surface area contributed by atoms with Crippen molar-refractivity contribution in [1.82, 2.24) is 40.4 Å². The van der Waals surface area contributed by atoms with E-state index in [4.69, 9.17) is 19.4 Å². The van der Waals surface area contributed by atoms with Crippen LogP contribution in [0.5, 0.6) is 0 Å². The monoisotopic (exact) mass is 774 g/mol. The minimum Gasteiger partial charge on any atom is -0.453 e. The molecule has 7 rings (SSSR count). The van der Waals surface area contributed by atoms with Gasteiger partial charge in [0, 0.05) is 27.4 Å². The van der Waals surface area contributed by atoms with E-state index in [0.717, 1.165) is 69.4 Å². The molecule has 0 saturated carbocycles. The average Bonchev–Trinajstić information content (AvgIpc) is 3.99. The Hall–Kier alpha value is -4.96. The van der Waals surface area contributed by atoms with Crippen LogP contribution >= 0.6 is 22.7 Å². The zero-order valence-electron chi connectivity index (χ0n) is 31.2. The summed E-state index contributed by atoms with van der Waals surface area (Å²) in [5.74, 6) is 1.01. The largest absolute Gasteiger partial charge is 0.453 e. The van der Waals surface area contributed by atoms with Gasteiger partial charge in [-0.05, 0) is 67.3 Å². The summed E-state index contributed by atoms with van der Waals surface area (Å²) in [5.41, 5.74) is 3.71. The van der Waals surface area contributed by atoms with Crippen molar-refractivity contribution in [1.29, 1.82) is 0 Å². The van der Waals surface area contributed by atoms with Gasteiger partial charge in [0.15, 0.2) is 0 Å². The van der Waals surface area contributed by atoms with Gasteiger partial charge in [0.25, 0.3) is 0 Å². The van der Waals surface area contributed by atoms with Crippen LogP contribution in [0.3, 0.4) is 0 Å². The van der Waals surface area contributed by atoms with Crippen LogP contribution in [0.1, 0.15) is 77.1 Å². The fraction of sp³-hybridized carbons (Fsp3) is 0.474. The highest BCUT2D eigenvalue weighted by molar-refractivity contribution is 7.31. The Morgan fingerprint density at radius 3 is 1.91 bits per heavy atom. The van der Waals surface area contributed by atoms with Crippen LogP contribution < -0.4 is 10.6 Å². The third-order valence-corrected chi connectivity index (χ3v) is 12.7. The number of nitrogens with one attached hydrogen (secondary N) is 4. The fourth-order valence-corrected chi connectivity index (χ4v) is 9.83. The summed E-state index contributed by atoms with van der Waals surface area (Å²) in [5, 5.41) is 5.41. The van der Waals surface area contributed by atoms with Crippen molar-refractivity contribution < 1.29 is 28.7 Å². The third-order valence-electron chi connectivity index (χ3n) is 10.3. The van der Waals surface area contributed by atoms with Crippen LogP contribution in [0, 0.1) is 11.8 Å². The zero-order valence-corrected chi connectivity index (χ0v) is 32.9. The number of ether oxygens (including phenoxy) is 2. The van der Waals surface area contributed by atoms with Gasteiger partial charge in [-0.3, -0.25) is 9.59 Å². The molecule has 14 nitrogen and oxygen atoms in total. The highest BCUT2D eigenvalue weighted by Gasteiger charge is 2.39. The molecule has 0 unspecified atom stereocenters. The second kappa shape index (κ2) is 15.4. The molecule has 2 fully saturated rings. The maximum Gasteiger partial charge on any atom is 0.407 e. The quantitative estimate of drug-likeness (QED) is 0.118. The van der Waals surface area contributed by atoms with E-state index in [1.165, 1.54) is 23.6 Å². The topological polar surface area (TPSA) is 175 Å². The van der Waals surface area contributed by atoms with E-state index in [-0.39, 0.29) is 35.7 Å². The number of benzene rings is 1. The number of likely N-dealkylation sites (tertiary alicyclic amines) is 2. The lowest BCUT2D eigenvalue weighted by Crippen LogP contribution is -2.51. The molecule has 16 heteroatoms. The molecule has 4 aromatic heterocycles. The molecule has 2 saturated heterocycles. The van der Waals surface area contributed by atoms with E-state index in [2.05, 4.69) is 44.9 Å². The van der Waals surface area contributed by atoms with E-state index >= 15 is 0 Å². The minimum absolute atomic E-state index is 0.102. The molecular weight excluding hydrogens is 729 g/mol. The van der Waals surface area contributed by atoms with Gasteiger partial charge in [0.05, 0.1) is 54.1 Å². The zero-order chi connectivity index (χ0) is 38.3. The molecule has 0 aliphatic carbocycles. The number of imidazole rings is 2. The van der Waals surface area contributed by atoms with Crippen molar-refractivity contribution in [2.24, 2.45) is 11.8 Å². The Kier molecular flexibility index (Phi) is 10.7. The fourth-order valence-electron chi connectivity index (χ4n) is 7.47. The molecular formula is C38H46N8O6S2. The van der Waals surface area contributed by atoms with Crippen molar-refractivity contribution in [3.05, 3.63) is 48.2 Å². The first-order chi connectivity index (χ1) is 25.9. The second-order valence-corrected chi connectivity index (χ2v) is 16.7. The summed E-state index contributed by atoms with van der Waals surface area (Å²) < 4.78 is 11.9. The Morgan fingerprint density at radius 2 is 1.33 bits per heavy atom. The first-order valence-corrected chi connectivity index (χ1v) is 20.0. The number of methoxy groups -OCH3 is 2. The number of nitrogens with zero attached hydrogens (tertiary/aromatic N) is 4. The number of fused-ring (bicyclic) bond motifs is 2. The molecule has 4 amide bonds. The predicted molar refractivity (Wildman–Crippen MR) is 208 cm³/mol. The number of carbonyl (C=O) groups is 4. The Balaban J connectivity index is 1.06. The number of carbonyl (C=O) groups excluding carboxylic acids is 4. The number of rotatable bonds is 10. The van der Waals surface area contributed by atoms with Crippen LogP contribution in [0.2, 0.25) is 0 Å². The van der Waals surface area contributed by atoms with Crippen LogP contribution in [0.4, 0.5) is 9.59 Å². The number of alkyl carbamates (subject to hydrolysis) is 2. The van der Waals surface area contributed by atoms with Gasteiger partial charge in [-0.2, -0.15) is 0 Å². The maximum absolute atomic E-state index is 13.6. The summed E-state index contributed by atoms with van der Waals surface area (Å²) in [4.78, 5) is 73.5. The molecule has 4 atom stereocenters. The van der Waals surface area contributed by atoms with E-state index in [0.29, 0.717) is 13.1 Å². The molecule has 2 aliphatic heterocycles. The van der Waals surface area contributed by atoms with Crippen molar-refractivity contribution in [3.8, 4) is 21.0 Å². The predicted octanol–water partition coefficient (Wildman–Crippen LogP) is 6.98. The summed E-state index contributed by atoms with van der Waals surface area (Å²) in [6.45, 7) is 8.82. The minimum atomic E-state index is -0.688. The number of thiophene rings is 2. The lowest BCUT2D eigenvalue weighted by molar-refractivity contribution is -0.136. The molecule has 6 heterocycles. The van der Waals surface area contributed by atoms with E-state index in [1.807, 2.05) is 49.8 Å². The number of hydrogen-bond donors (Lipinski definition) is 4. The normalized spacial score (nSPS) is 18.5. The van der Waals surface area contributed by atoms with Gasteiger partial charge in [-0.25, -0.2) is 19.6 Å². The molecule has 0 spiro atoms. The average molecular weight is 775 g/mol. The first-order valence-electron chi connectivity index (χ1n) is 18.3. The molecule has 0 radical (unpaired) electrons. The number of amides is 4. The molecule has 54 heavy (non-hydrogen) atoms. The van der Waals surface area contributed by atoms with Gasteiger partial charge >= 0.3 is 12.2 Å². The Labute approximate surface area is 321 Å². The van der Waals surface area contributed by atoms with Crippen LogP contribution in [-0.2, 0) is 19.1 Å². The van der Waals surface area contributed by atoms with Crippen LogP contribution in [-0.4, -0.2) is 93.1 Å². The second-order valence-electron chi connectivity index (χ2n) is 14.6.